The quantitative estimate of drug-likeness (QED) is 0.685. The second-order valence-corrected chi connectivity index (χ2v) is 5.87. The van der Waals surface area contributed by atoms with Crippen LogP contribution in [0.2, 0.25) is 5.02 Å². The van der Waals surface area contributed by atoms with E-state index in [1.807, 2.05) is 31.2 Å². The topological polar surface area (TPSA) is 43.2 Å². The van der Waals surface area contributed by atoms with Gasteiger partial charge in [-0.15, -0.1) is 0 Å². The second kappa shape index (κ2) is 5.15. The van der Waals surface area contributed by atoms with Gasteiger partial charge in [-0.3, -0.25) is 0 Å². The zero-order chi connectivity index (χ0) is 16.0. The summed E-state index contributed by atoms with van der Waals surface area (Å²) in [6.45, 7) is 1.81. The first-order chi connectivity index (χ1) is 11.1. The lowest BCUT2D eigenvalue weighted by Gasteiger charge is -2.14. The number of rotatable bonds is 3. The van der Waals surface area contributed by atoms with Gasteiger partial charge in [0.15, 0.2) is 0 Å². The van der Waals surface area contributed by atoms with Gasteiger partial charge in [-0.2, -0.15) is 5.10 Å². The highest BCUT2D eigenvalue weighted by molar-refractivity contribution is 6.31. The first kappa shape index (κ1) is 14.4. The van der Waals surface area contributed by atoms with Crippen molar-refractivity contribution >= 4 is 11.6 Å². The van der Waals surface area contributed by atoms with E-state index in [1.54, 1.807) is 23.1 Å². The number of ether oxygens (including phenoxy) is 1. The number of hydrogen-bond acceptors (Lipinski definition) is 3. The molecule has 0 bridgehead atoms. The molecule has 0 aliphatic carbocycles. The van der Waals surface area contributed by atoms with Gasteiger partial charge in [0.25, 0.3) is 0 Å². The van der Waals surface area contributed by atoms with Crippen molar-refractivity contribution in [1.29, 1.82) is 0 Å². The van der Waals surface area contributed by atoms with Crippen LogP contribution in [0.15, 0.2) is 54.9 Å². The molecule has 3 aromatic rings. The molecule has 4 rings (SSSR count). The lowest BCUT2D eigenvalue weighted by Crippen LogP contribution is -2.22. The Kier molecular flexibility index (Phi) is 3.21. The summed E-state index contributed by atoms with van der Waals surface area (Å²) in [7, 11) is 0. The fourth-order valence-corrected chi connectivity index (χ4v) is 3.06. The molecule has 1 aliphatic rings. The predicted molar refractivity (Wildman–Crippen MR) is 83.5 cm³/mol. The van der Waals surface area contributed by atoms with Crippen molar-refractivity contribution in [2.75, 3.05) is 0 Å². The highest BCUT2D eigenvalue weighted by atomic mass is 35.5. The zero-order valence-corrected chi connectivity index (χ0v) is 13.0. The van der Waals surface area contributed by atoms with Crippen LogP contribution in [-0.4, -0.2) is 14.8 Å². The average Bonchev–Trinajstić information content (AvgIpc) is 3.14. The summed E-state index contributed by atoms with van der Waals surface area (Å²) in [5.74, 6) is 0.341. The Morgan fingerprint density at radius 1 is 1.17 bits per heavy atom. The van der Waals surface area contributed by atoms with Crippen LogP contribution in [0.25, 0.3) is 0 Å². The van der Waals surface area contributed by atoms with Crippen molar-refractivity contribution in [1.82, 2.24) is 14.8 Å². The number of hydrogen-bond donors (Lipinski definition) is 0. The molecular formula is C17H13ClFN3O. The molecule has 1 aromatic heterocycles. The molecule has 0 spiro atoms. The Morgan fingerprint density at radius 2 is 1.91 bits per heavy atom. The molecule has 2 heterocycles. The van der Waals surface area contributed by atoms with E-state index in [9.17, 15) is 4.39 Å². The maximum Gasteiger partial charge on any atom is 0.220 e. The third kappa shape index (κ3) is 2.24. The number of nitrogens with zero attached hydrogens (tertiary/aromatic N) is 3. The van der Waals surface area contributed by atoms with Crippen LogP contribution < -0.4 is 0 Å². The molecule has 0 radical (unpaired) electrons. The fraction of sp³-hybridized carbons (Fsp3) is 0.176. The largest absolute Gasteiger partial charge is 0.333 e. The van der Waals surface area contributed by atoms with E-state index in [0.717, 1.165) is 11.1 Å². The van der Waals surface area contributed by atoms with Gasteiger partial charge in [-0.1, -0.05) is 41.9 Å². The van der Waals surface area contributed by atoms with Crippen molar-refractivity contribution in [2.45, 2.75) is 18.8 Å². The van der Waals surface area contributed by atoms with Crippen molar-refractivity contribution in [3.05, 3.63) is 82.6 Å². The van der Waals surface area contributed by atoms with Gasteiger partial charge in [-0.25, -0.2) is 14.1 Å². The van der Waals surface area contributed by atoms with Gasteiger partial charge < -0.3 is 4.74 Å². The Balaban J connectivity index is 1.84. The first-order valence-electron chi connectivity index (χ1n) is 7.18. The monoisotopic (exact) mass is 329 g/mol. The molecule has 2 atom stereocenters. The second-order valence-electron chi connectivity index (χ2n) is 5.46. The van der Waals surface area contributed by atoms with Gasteiger partial charge in [0.05, 0.1) is 0 Å². The SMILES string of the molecule is Cc1ncn(C2(c3ccc(F)cc3)OC2c2ccccc2Cl)n1. The fourth-order valence-electron chi connectivity index (χ4n) is 2.83. The number of aromatic nitrogens is 3. The van der Waals surface area contributed by atoms with Crippen LogP contribution >= 0.6 is 11.6 Å². The summed E-state index contributed by atoms with van der Waals surface area (Å²) in [6.07, 6.45) is 1.32. The van der Waals surface area contributed by atoms with Gasteiger partial charge in [0, 0.05) is 16.1 Å². The average molecular weight is 330 g/mol. The van der Waals surface area contributed by atoms with Gasteiger partial charge in [0.1, 0.15) is 24.1 Å². The van der Waals surface area contributed by atoms with Gasteiger partial charge >= 0.3 is 0 Å². The molecule has 23 heavy (non-hydrogen) atoms. The molecule has 2 aromatic carbocycles. The molecule has 0 N–H and O–H groups in total. The lowest BCUT2D eigenvalue weighted by molar-refractivity contribution is 0.244. The van der Waals surface area contributed by atoms with E-state index in [2.05, 4.69) is 10.1 Å². The summed E-state index contributed by atoms with van der Waals surface area (Å²) in [6, 6.07) is 13.7. The minimum Gasteiger partial charge on any atom is -0.333 e. The van der Waals surface area contributed by atoms with Crippen molar-refractivity contribution in [3.8, 4) is 0 Å². The summed E-state index contributed by atoms with van der Waals surface area (Å²) < 4.78 is 21.0. The standard InChI is InChI=1S/C17H13ClFN3O/c1-11-20-10-22(21-11)17(12-6-8-13(19)9-7-12)16(23-17)14-4-2-3-5-15(14)18/h2-10,16H,1H3. The third-order valence-electron chi connectivity index (χ3n) is 3.99. The third-order valence-corrected chi connectivity index (χ3v) is 4.33. The van der Waals surface area contributed by atoms with Crippen LogP contribution in [-0.2, 0) is 10.5 Å². The maximum absolute atomic E-state index is 13.3. The molecule has 2 unspecified atom stereocenters. The van der Waals surface area contributed by atoms with E-state index in [4.69, 9.17) is 16.3 Å². The molecule has 6 heteroatoms. The van der Waals surface area contributed by atoms with Gasteiger partial charge in [-0.05, 0) is 25.1 Å². The van der Waals surface area contributed by atoms with Crippen LogP contribution in [0.3, 0.4) is 0 Å². The van der Waals surface area contributed by atoms with Crippen molar-refractivity contribution < 1.29 is 9.13 Å². The lowest BCUT2D eigenvalue weighted by atomic mass is 9.99. The Morgan fingerprint density at radius 3 is 2.57 bits per heavy atom. The predicted octanol–water partition coefficient (Wildman–Crippen LogP) is 3.85. The van der Waals surface area contributed by atoms with Crippen LogP contribution in [0, 0.1) is 12.7 Å². The molecule has 1 aliphatic heterocycles. The maximum atomic E-state index is 13.3. The van der Waals surface area contributed by atoms with Gasteiger partial charge in [0.2, 0.25) is 5.72 Å². The van der Waals surface area contributed by atoms with Crippen LogP contribution in [0.4, 0.5) is 4.39 Å². The number of aryl methyl sites for hydroxylation is 1. The van der Waals surface area contributed by atoms with E-state index in [1.165, 1.54) is 12.1 Å². The minimum absolute atomic E-state index is 0.298. The Bertz CT molecular complexity index is 864. The normalized spacial score (nSPS) is 23.0. The highest BCUT2D eigenvalue weighted by Crippen LogP contribution is 2.58. The number of halogens is 2. The number of epoxide rings is 1. The molecule has 116 valence electrons. The Labute approximate surface area is 137 Å². The molecule has 4 nitrogen and oxygen atoms in total. The van der Waals surface area contributed by atoms with Crippen molar-refractivity contribution in [3.63, 3.8) is 0 Å². The molecular weight excluding hydrogens is 317 g/mol. The van der Waals surface area contributed by atoms with E-state index in [0.29, 0.717) is 10.8 Å². The highest BCUT2D eigenvalue weighted by Gasteiger charge is 2.62. The van der Waals surface area contributed by atoms with E-state index < -0.39 is 5.72 Å². The molecule has 0 saturated carbocycles. The summed E-state index contributed by atoms with van der Waals surface area (Å²) in [4.78, 5) is 4.18. The summed E-state index contributed by atoms with van der Waals surface area (Å²) in [5.41, 5.74) is 0.820. The Hall–Kier alpha value is -2.24. The van der Waals surface area contributed by atoms with E-state index in [-0.39, 0.29) is 11.9 Å². The summed E-state index contributed by atoms with van der Waals surface area (Å²) >= 11 is 6.31. The number of benzene rings is 2. The minimum atomic E-state index is -0.847. The van der Waals surface area contributed by atoms with Crippen LogP contribution in [0.5, 0.6) is 0 Å². The van der Waals surface area contributed by atoms with Crippen molar-refractivity contribution in [2.24, 2.45) is 0 Å². The molecule has 1 fully saturated rings. The smallest absolute Gasteiger partial charge is 0.220 e. The molecule has 1 saturated heterocycles. The summed E-state index contributed by atoms with van der Waals surface area (Å²) in [5, 5.41) is 5.02. The first-order valence-corrected chi connectivity index (χ1v) is 7.56. The van der Waals surface area contributed by atoms with E-state index >= 15 is 0 Å². The molecule has 0 amide bonds. The zero-order valence-electron chi connectivity index (χ0n) is 12.3. The van der Waals surface area contributed by atoms with Crippen LogP contribution in [0.1, 0.15) is 23.1 Å².